The molecule has 3 heteroatoms. The predicted octanol–water partition coefficient (Wildman–Crippen LogP) is 1.35. The van der Waals surface area contributed by atoms with Crippen molar-refractivity contribution >= 4 is 5.97 Å². The zero-order valence-corrected chi connectivity index (χ0v) is 8.38. The summed E-state index contributed by atoms with van der Waals surface area (Å²) in [7, 11) is 1.41. The Bertz CT molecular complexity index is 189. The van der Waals surface area contributed by atoms with Gasteiger partial charge in [0.1, 0.15) is 0 Å². The summed E-state index contributed by atoms with van der Waals surface area (Å²) in [5, 5.41) is 9.03. The molecule has 0 radical (unpaired) electrons. The highest BCUT2D eigenvalue weighted by Gasteiger charge is 2.41. The van der Waals surface area contributed by atoms with E-state index in [2.05, 4.69) is 11.7 Å². The molecule has 1 saturated carbocycles. The van der Waals surface area contributed by atoms with Crippen molar-refractivity contribution in [3.8, 4) is 0 Å². The monoisotopic (exact) mass is 186 g/mol. The van der Waals surface area contributed by atoms with E-state index < -0.39 is 0 Å². The number of aliphatic hydroxyl groups excluding tert-OH is 1. The van der Waals surface area contributed by atoms with Crippen LogP contribution in [-0.4, -0.2) is 24.8 Å². The second-order valence-corrected chi connectivity index (χ2v) is 4.15. The Morgan fingerprint density at radius 1 is 1.69 bits per heavy atom. The van der Waals surface area contributed by atoms with Crippen molar-refractivity contribution < 1.29 is 14.6 Å². The molecule has 0 amide bonds. The minimum Gasteiger partial charge on any atom is -0.469 e. The topological polar surface area (TPSA) is 46.5 Å². The molecule has 0 spiro atoms. The molecule has 1 aliphatic rings. The Balaban J connectivity index is 2.31. The van der Waals surface area contributed by atoms with Gasteiger partial charge in [-0.05, 0) is 30.6 Å². The Hall–Kier alpha value is -0.570. The van der Waals surface area contributed by atoms with Crippen molar-refractivity contribution in [3.05, 3.63) is 0 Å². The smallest absolute Gasteiger partial charge is 0.305 e. The molecule has 2 atom stereocenters. The normalized spacial score (nSPS) is 32.4. The van der Waals surface area contributed by atoms with Crippen LogP contribution in [0.2, 0.25) is 0 Å². The lowest BCUT2D eigenvalue weighted by atomic mass is 9.59. The highest BCUT2D eigenvalue weighted by atomic mass is 16.5. The molecule has 0 heterocycles. The third-order valence-electron chi connectivity index (χ3n) is 3.40. The van der Waals surface area contributed by atoms with Crippen molar-refractivity contribution in [1.29, 1.82) is 0 Å². The highest BCUT2D eigenvalue weighted by molar-refractivity contribution is 5.69. The van der Waals surface area contributed by atoms with Gasteiger partial charge in [-0.2, -0.15) is 0 Å². The lowest BCUT2D eigenvalue weighted by Crippen LogP contribution is -2.40. The summed E-state index contributed by atoms with van der Waals surface area (Å²) in [6.07, 6.45) is 3.53. The van der Waals surface area contributed by atoms with Gasteiger partial charge in [-0.15, -0.1) is 0 Å². The number of esters is 1. The first kappa shape index (κ1) is 10.5. The molecule has 0 aromatic heterocycles. The first-order valence-corrected chi connectivity index (χ1v) is 4.80. The van der Waals surface area contributed by atoms with E-state index in [0.29, 0.717) is 12.3 Å². The fraction of sp³-hybridized carbons (Fsp3) is 0.900. The van der Waals surface area contributed by atoms with Crippen LogP contribution in [0.15, 0.2) is 0 Å². The lowest BCUT2D eigenvalue weighted by molar-refractivity contribution is -0.142. The molecule has 0 aromatic rings. The van der Waals surface area contributed by atoms with Gasteiger partial charge in [-0.25, -0.2) is 0 Å². The first-order chi connectivity index (χ1) is 6.12. The van der Waals surface area contributed by atoms with Crippen LogP contribution in [0.4, 0.5) is 0 Å². The minimum atomic E-state index is -0.148. The van der Waals surface area contributed by atoms with Crippen molar-refractivity contribution in [2.45, 2.75) is 32.6 Å². The molecular formula is C10H18O3. The van der Waals surface area contributed by atoms with Gasteiger partial charge >= 0.3 is 5.97 Å². The SMILES string of the molecule is COC(=O)CC[C@]1(C)CC[C@H]1CO. The predicted molar refractivity (Wildman–Crippen MR) is 49.2 cm³/mol. The van der Waals surface area contributed by atoms with Gasteiger partial charge in [0.15, 0.2) is 0 Å². The summed E-state index contributed by atoms with van der Waals surface area (Å²) in [5.41, 5.74) is 0.170. The number of carbonyl (C=O) groups excluding carboxylic acids is 1. The summed E-state index contributed by atoms with van der Waals surface area (Å²) >= 11 is 0. The van der Waals surface area contributed by atoms with Gasteiger partial charge in [0.2, 0.25) is 0 Å². The van der Waals surface area contributed by atoms with Crippen LogP contribution in [0.1, 0.15) is 32.6 Å². The fourth-order valence-electron chi connectivity index (χ4n) is 1.97. The van der Waals surface area contributed by atoms with Crippen molar-refractivity contribution in [3.63, 3.8) is 0 Å². The molecule has 0 bridgehead atoms. The first-order valence-electron chi connectivity index (χ1n) is 4.80. The largest absolute Gasteiger partial charge is 0.469 e. The molecule has 1 fully saturated rings. The van der Waals surface area contributed by atoms with Crippen molar-refractivity contribution in [2.24, 2.45) is 11.3 Å². The molecule has 1 aliphatic carbocycles. The summed E-state index contributed by atoms with van der Waals surface area (Å²) in [4.78, 5) is 10.9. The van der Waals surface area contributed by atoms with Crippen LogP contribution in [0.3, 0.4) is 0 Å². The number of ether oxygens (including phenoxy) is 1. The third-order valence-corrected chi connectivity index (χ3v) is 3.40. The van der Waals surface area contributed by atoms with Crippen molar-refractivity contribution in [2.75, 3.05) is 13.7 Å². The van der Waals surface area contributed by atoms with Crippen LogP contribution in [0, 0.1) is 11.3 Å². The highest BCUT2D eigenvalue weighted by Crippen LogP contribution is 2.49. The van der Waals surface area contributed by atoms with Crippen LogP contribution < -0.4 is 0 Å². The van der Waals surface area contributed by atoms with Crippen LogP contribution >= 0.6 is 0 Å². The fourth-order valence-corrected chi connectivity index (χ4v) is 1.97. The van der Waals surface area contributed by atoms with Gasteiger partial charge in [-0.1, -0.05) is 6.92 Å². The number of rotatable bonds is 4. The average molecular weight is 186 g/mol. The van der Waals surface area contributed by atoms with E-state index >= 15 is 0 Å². The number of aliphatic hydroxyl groups is 1. The molecule has 1 rings (SSSR count). The summed E-state index contributed by atoms with van der Waals surface area (Å²) in [6, 6.07) is 0. The lowest BCUT2D eigenvalue weighted by Gasteiger charge is -2.46. The Labute approximate surface area is 79.1 Å². The second-order valence-electron chi connectivity index (χ2n) is 4.15. The molecule has 0 aliphatic heterocycles. The number of methoxy groups -OCH3 is 1. The minimum absolute atomic E-state index is 0.148. The summed E-state index contributed by atoms with van der Waals surface area (Å²) < 4.78 is 4.58. The van der Waals surface area contributed by atoms with Crippen LogP contribution in [0.5, 0.6) is 0 Å². The maximum absolute atomic E-state index is 10.9. The Morgan fingerprint density at radius 2 is 2.38 bits per heavy atom. The maximum atomic E-state index is 10.9. The molecular weight excluding hydrogens is 168 g/mol. The molecule has 3 nitrogen and oxygen atoms in total. The standard InChI is InChI=1S/C10H18O3/c1-10(5-3-8(10)7-11)6-4-9(12)13-2/h8,11H,3-7H2,1-2H3/t8-,10-/m0/s1. The van der Waals surface area contributed by atoms with E-state index in [1.807, 2.05) is 0 Å². The Kier molecular flexibility index (Phi) is 3.31. The number of hydrogen-bond donors (Lipinski definition) is 1. The molecule has 0 saturated heterocycles. The van der Waals surface area contributed by atoms with E-state index in [4.69, 9.17) is 5.11 Å². The molecule has 0 aromatic carbocycles. The molecule has 13 heavy (non-hydrogen) atoms. The van der Waals surface area contributed by atoms with Gasteiger partial charge in [0, 0.05) is 13.0 Å². The van der Waals surface area contributed by atoms with Gasteiger partial charge < -0.3 is 9.84 Å². The van der Waals surface area contributed by atoms with E-state index in [1.165, 1.54) is 7.11 Å². The summed E-state index contributed by atoms with van der Waals surface area (Å²) in [5.74, 6) is 0.238. The molecule has 0 unspecified atom stereocenters. The summed E-state index contributed by atoms with van der Waals surface area (Å²) in [6.45, 7) is 2.39. The Morgan fingerprint density at radius 3 is 2.77 bits per heavy atom. The molecule has 1 N–H and O–H groups in total. The number of hydrogen-bond acceptors (Lipinski definition) is 3. The van der Waals surface area contributed by atoms with Crippen molar-refractivity contribution in [1.82, 2.24) is 0 Å². The third kappa shape index (κ3) is 2.21. The van der Waals surface area contributed by atoms with Gasteiger partial charge in [0.25, 0.3) is 0 Å². The molecule has 76 valence electrons. The quantitative estimate of drug-likeness (QED) is 0.674. The van der Waals surface area contributed by atoms with E-state index in [9.17, 15) is 4.79 Å². The number of carbonyl (C=O) groups is 1. The van der Waals surface area contributed by atoms with Crippen LogP contribution in [-0.2, 0) is 9.53 Å². The van der Waals surface area contributed by atoms with E-state index in [0.717, 1.165) is 19.3 Å². The zero-order chi connectivity index (χ0) is 9.90. The van der Waals surface area contributed by atoms with Crippen LogP contribution in [0.25, 0.3) is 0 Å². The van der Waals surface area contributed by atoms with Gasteiger partial charge in [-0.3, -0.25) is 4.79 Å². The van der Waals surface area contributed by atoms with E-state index in [1.54, 1.807) is 0 Å². The second kappa shape index (κ2) is 4.09. The average Bonchev–Trinajstić information content (AvgIpc) is 2.12. The zero-order valence-electron chi connectivity index (χ0n) is 8.38. The van der Waals surface area contributed by atoms with E-state index in [-0.39, 0.29) is 18.0 Å². The maximum Gasteiger partial charge on any atom is 0.305 e. The van der Waals surface area contributed by atoms with Gasteiger partial charge in [0.05, 0.1) is 7.11 Å².